The maximum atomic E-state index is 14.7. The lowest BCUT2D eigenvalue weighted by Gasteiger charge is -2.54. The summed E-state index contributed by atoms with van der Waals surface area (Å²) in [5, 5.41) is 2.88. The smallest absolute Gasteiger partial charge is 0.338 e. The van der Waals surface area contributed by atoms with Crippen LogP contribution < -0.4 is 5.32 Å². The minimum Gasteiger partial charge on any atom is -0.462 e. The van der Waals surface area contributed by atoms with Crippen molar-refractivity contribution < 1.29 is 23.9 Å². The van der Waals surface area contributed by atoms with Gasteiger partial charge in [-0.2, -0.15) is 0 Å². The van der Waals surface area contributed by atoms with Crippen LogP contribution in [-0.2, 0) is 35.3 Å². The molecule has 1 N–H and O–H groups in total. The standard InChI is InChI=1S/C39H34Cl2N2O5/c1-2-3-11-22-48-37(47)25-18-20-26(21-19-25)42-34(44)31(23-24-12-5-4-6-13-24)43-35(45)32-33(36(43)46)39(41)28-15-8-7-14-27(28)38(32,40)29-16-9-10-17-30(29)39/h4-10,12-21,31-33H,2-3,11,22-23H2,1H3,(H,42,44)/t31-,32+,33+,38?,39?/m0/s1. The highest BCUT2D eigenvalue weighted by molar-refractivity contribution is 6.36. The number of alkyl halides is 2. The van der Waals surface area contributed by atoms with Gasteiger partial charge < -0.3 is 10.1 Å². The molecule has 9 heteroatoms. The number of likely N-dealkylation sites (tertiary alicyclic amines) is 1. The molecule has 7 nitrogen and oxygen atoms in total. The first kappa shape index (κ1) is 32.1. The van der Waals surface area contributed by atoms with Crippen molar-refractivity contribution in [3.05, 3.63) is 137 Å². The SMILES string of the molecule is CCCCCOC(=O)c1ccc(NC(=O)[C@H](Cc2ccccc2)N2C(=O)[C@H]3[C@H](C2=O)C2(Cl)c4ccccc4C3(Cl)c3ccccc32)cc1. The first-order chi connectivity index (χ1) is 23.2. The predicted molar refractivity (Wildman–Crippen MR) is 184 cm³/mol. The van der Waals surface area contributed by atoms with E-state index in [9.17, 15) is 19.2 Å². The topological polar surface area (TPSA) is 92.8 Å². The van der Waals surface area contributed by atoms with Gasteiger partial charge in [0, 0.05) is 12.1 Å². The van der Waals surface area contributed by atoms with Crippen molar-refractivity contribution in [1.29, 1.82) is 0 Å². The number of halogens is 2. The number of anilines is 1. The second-order valence-electron chi connectivity index (χ2n) is 12.6. The minimum atomic E-state index is -1.36. The van der Waals surface area contributed by atoms with E-state index in [0.717, 1.165) is 29.7 Å². The molecule has 244 valence electrons. The molecule has 8 rings (SSSR count). The van der Waals surface area contributed by atoms with Crippen LogP contribution >= 0.6 is 23.2 Å². The summed E-state index contributed by atoms with van der Waals surface area (Å²) in [6.07, 6.45) is 2.87. The Morgan fingerprint density at radius 2 is 1.25 bits per heavy atom. The molecule has 4 aromatic carbocycles. The largest absolute Gasteiger partial charge is 0.462 e. The Morgan fingerprint density at radius 1 is 0.750 bits per heavy atom. The lowest BCUT2D eigenvalue weighted by Crippen LogP contribution is -2.57. The van der Waals surface area contributed by atoms with Crippen LogP contribution in [0.15, 0.2) is 103 Å². The van der Waals surface area contributed by atoms with Crippen molar-refractivity contribution in [1.82, 2.24) is 4.90 Å². The number of hydrogen-bond acceptors (Lipinski definition) is 5. The van der Waals surface area contributed by atoms with E-state index in [1.807, 2.05) is 78.9 Å². The molecule has 0 aromatic heterocycles. The average molecular weight is 682 g/mol. The Bertz CT molecular complexity index is 1790. The Kier molecular flexibility index (Phi) is 8.38. The van der Waals surface area contributed by atoms with Gasteiger partial charge in [0.2, 0.25) is 17.7 Å². The van der Waals surface area contributed by atoms with E-state index in [4.69, 9.17) is 27.9 Å². The van der Waals surface area contributed by atoms with Crippen LogP contribution in [0.1, 0.15) is 64.4 Å². The van der Waals surface area contributed by atoms with Gasteiger partial charge in [0.25, 0.3) is 0 Å². The van der Waals surface area contributed by atoms with Crippen molar-refractivity contribution in [2.75, 3.05) is 11.9 Å². The summed E-state index contributed by atoms with van der Waals surface area (Å²) >= 11 is 15.2. The molecule has 1 heterocycles. The lowest BCUT2D eigenvalue weighted by atomic mass is 9.54. The number of unbranched alkanes of at least 4 members (excludes halogenated alkanes) is 2. The van der Waals surface area contributed by atoms with Gasteiger partial charge in [0.1, 0.15) is 15.8 Å². The predicted octanol–water partition coefficient (Wildman–Crippen LogP) is 7.18. The molecule has 3 atom stereocenters. The summed E-state index contributed by atoms with van der Waals surface area (Å²) in [5.74, 6) is -4.12. The summed E-state index contributed by atoms with van der Waals surface area (Å²) in [5.41, 5.74) is 4.30. The van der Waals surface area contributed by atoms with E-state index < -0.39 is 51.3 Å². The molecule has 0 saturated carbocycles. The number of amides is 3. The number of imide groups is 1. The molecule has 1 fully saturated rings. The van der Waals surface area contributed by atoms with Gasteiger partial charge in [0.05, 0.1) is 24.0 Å². The zero-order chi connectivity index (χ0) is 33.6. The third-order valence-electron chi connectivity index (χ3n) is 9.87. The highest BCUT2D eigenvalue weighted by Crippen LogP contribution is 2.69. The Labute approximate surface area is 289 Å². The lowest BCUT2D eigenvalue weighted by molar-refractivity contribution is -0.146. The molecule has 2 bridgehead atoms. The molecule has 0 unspecified atom stereocenters. The van der Waals surface area contributed by atoms with Gasteiger partial charge in [-0.05, 0) is 58.5 Å². The monoisotopic (exact) mass is 680 g/mol. The van der Waals surface area contributed by atoms with Gasteiger partial charge in [-0.1, -0.05) is 98.6 Å². The number of esters is 1. The van der Waals surface area contributed by atoms with Gasteiger partial charge in [-0.3, -0.25) is 19.3 Å². The fourth-order valence-corrected chi connectivity index (χ4v) is 8.75. The van der Waals surface area contributed by atoms with Gasteiger partial charge in [-0.15, -0.1) is 23.2 Å². The number of hydrogen-bond donors (Lipinski definition) is 1. The van der Waals surface area contributed by atoms with E-state index in [2.05, 4.69) is 12.2 Å². The van der Waals surface area contributed by atoms with Crippen molar-refractivity contribution in [3.8, 4) is 0 Å². The fourth-order valence-electron chi connectivity index (χ4n) is 7.65. The average Bonchev–Trinajstić information content (AvgIpc) is 3.39. The Balaban J connectivity index is 1.23. The fraction of sp³-hybridized carbons (Fsp3) is 0.282. The molecular formula is C39H34Cl2N2O5. The summed E-state index contributed by atoms with van der Waals surface area (Å²) in [6.45, 7) is 2.42. The Morgan fingerprint density at radius 3 is 1.75 bits per heavy atom. The van der Waals surface area contributed by atoms with Crippen molar-refractivity contribution in [2.24, 2.45) is 11.8 Å². The maximum Gasteiger partial charge on any atom is 0.338 e. The summed E-state index contributed by atoms with van der Waals surface area (Å²) in [4.78, 5) is 54.4. The van der Waals surface area contributed by atoms with Crippen LogP contribution in [0.5, 0.6) is 0 Å². The zero-order valence-corrected chi connectivity index (χ0v) is 27.8. The zero-order valence-electron chi connectivity index (χ0n) is 26.3. The van der Waals surface area contributed by atoms with Crippen LogP contribution in [0.4, 0.5) is 5.69 Å². The van der Waals surface area contributed by atoms with Gasteiger partial charge in [-0.25, -0.2) is 4.79 Å². The number of nitrogens with one attached hydrogen (secondary N) is 1. The molecule has 1 saturated heterocycles. The molecule has 3 amide bonds. The summed E-state index contributed by atoms with van der Waals surface area (Å²) in [7, 11) is 0. The molecule has 3 aliphatic carbocycles. The van der Waals surface area contributed by atoms with Crippen molar-refractivity contribution in [2.45, 2.75) is 48.4 Å². The third kappa shape index (κ3) is 4.94. The molecule has 0 radical (unpaired) electrons. The van der Waals surface area contributed by atoms with Crippen molar-refractivity contribution in [3.63, 3.8) is 0 Å². The van der Waals surface area contributed by atoms with Crippen LogP contribution in [0.25, 0.3) is 0 Å². The number of carbonyl (C=O) groups is 4. The first-order valence-electron chi connectivity index (χ1n) is 16.3. The number of rotatable bonds is 10. The summed E-state index contributed by atoms with van der Waals surface area (Å²) in [6, 6.07) is 29.2. The second kappa shape index (κ2) is 12.5. The number of ether oxygens (including phenoxy) is 1. The Hall–Kier alpha value is -4.46. The summed E-state index contributed by atoms with van der Waals surface area (Å²) < 4.78 is 5.35. The van der Waals surface area contributed by atoms with Gasteiger partial charge >= 0.3 is 5.97 Å². The molecule has 4 aliphatic rings. The quantitative estimate of drug-likeness (QED) is 0.0829. The number of benzene rings is 4. The van der Waals surface area contributed by atoms with E-state index in [-0.39, 0.29) is 6.42 Å². The maximum absolute atomic E-state index is 14.7. The molecular weight excluding hydrogens is 647 g/mol. The second-order valence-corrected chi connectivity index (χ2v) is 13.8. The third-order valence-corrected chi connectivity index (χ3v) is 11.2. The van der Waals surface area contributed by atoms with Crippen LogP contribution in [0, 0.1) is 11.8 Å². The first-order valence-corrected chi connectivity index (χ1v) is 17.0. The molecule has 4 aromatic rings. The van der Waals surface area contributed by atoms with Crippen LogP contribution in [0.3, 0.4) is 0 Å². The highest BCUT2D eigenvalue weighted by Gasteiger charge is 2.73. The van der Waals surface area contributed by atoms with E-state index in [1.165, 1.54) is 0 Å². The highest BCUT2D eigenvalue weighted by atomic mass is 35.5. The van der Waals surface area contributed by atoms with Crippen LogP contribution in [0.2, 0.25) is 0 Å². The molecule has 1 aliphatic heterocycles. The van der Waals surface area contributed by atoms with E-state index in [0.29, 0.717) is 40.1 Å². The molecule has 0 spiro atoms. The number of nitrogens with zero attached hydrogens (tertiary/aromatic N) is 1. The molecule has 48 heavy (non-hydrogen) atoms. The van der Waals surface area contributed by atoms with Gasteiger partial charge in [0.15, 0.2) is 0 Å². The van der Waals surface area contributed by atoms with Crippen molar-refractivity contribution >= 4 is 52.6 Å². The number of carbonyl (C=O) groups excluding carboxylic acids is 4. The normalized spacial score (nSPS) is 24.0. The minimum absolute atomic E-state index is 0.0796. The van der Waals surface area contributed by atoms with Crippen LogP contribution in [-0.4, -0.2) is 41.2 Å². The van der Waals surface area contributed by atoms with E-state index in [1.54, 1.807) is 24.3 Å². The van der Waals surface area contributed by atoms with E-state index >= 15 is 0 Å².